The topological polar surface area (TPSA) is 116 Å². The molecular weight excluding hydrogens is 236 g/mol. The van der Waals surface area contributed by atoms with Gasteiger partial charge in [0.15, 0.2) is 0 Å². The van der Waals surface area contributed by atoms with Gasteiger partial charge in [-0.2, -0.15) is 8.42 Å². The molecule has 0 aliphatic carbocycles. The number of hydrogen-bond acceptors (Lipinski definition) is 4. The second kappa shape index (κ2) is 6.64. The minimum Gasteiger partial charge on any atom is -0.379 e. The molecule has 1 rings (SSSR count). The summed E-state index contributed by atoms with van der Waals surface area (Å²) < 4.78 is 31.6. The van der Waals surface area contributed by atoms with Crippen LogP contribution in [0, 0.1) is 0 Å². The Balaban J connectivity index is 0.000000385. The molecule has 0 atom stereocenters. The van der Waals surface area contributed by atoms with Gasteiger partial charge in [0.25, 0.3) is 10.1 Å². The highest BCUT2D eigenvalue weighted by Gasteiger charge is 1.90. The van der Waals surface area contributed by atoms with Crippen molar-refractivity contribution in [2.24, 2.45) is 5.73 Å². The van der Waals surface area contributed by atoms with Crippen LogP contribution < -0.4 is 5.73 Å². The first-order valence-corrected chi connectivity index (χ1v) is 5.83. The second-order valence-electron chi connectivity index (χ2n) is 2.56. The van der Waals surface area contributed by atoms with Crippen LogP contribution in [0.15, 0.2) is 41.2 Å². The lowest BCUT2D eigenvalue weighted by molar-refractivity contribution is 0.216. The number of hydrogen-bond donors (Lipinski definition) is 2. The first-order valence-electron chi connectivity index (χ1n) is 3.98. The Hall–Kier alpha value is -1.80. The number of carbonyl (C=O) groups is 1. The fourth-order valence-electron chi connectivity index (χ4n) is 0.563. The molecule has 0 saturated carbocycles. The molecule has 7 nitrogen and oxygen atoms in total. The van der Waals surface area contributed by atoms with Crippen LogP contribution in [0.5, 0.6) is 0 Å². The molecular formula is C8H12N2O5S. The molecule has 0 aliphatic rings. The fraction of sp³-hybridized carbons (Fsp3) is 0.125. The van der Waals surface area contributed by atoms with E-state index in [0.29, 0.717) is 6.26 Å². The van der Waals surface area contributed by atoms with Crippen LogP contribution in [0.1, 0.15) is 0 Å². The number of amides is 1. The summed E-state index contributed by atoms with van der Waals surface area (Å²) in [6.45, 7) is 0. The predicted octanol–water partition coefficient (Wildman–Crippen LogP) is 0.636. The van der Waals surface area contributed by atoms with Crippen LogP contribution in [0.2, 0.25) is 0 Å². The van der Waals surface area contributed by atoms with E-state index in [4.69, 9.17) is 14.8 Å². The average Bonchev–Trinajstić information content (AvgIpc) is 1.97. The van der Waals surface area contributed by atoms with Crippen LogP contribution in [-0.4, -0.2) is 30.0 Å². The van der Waals surface area contributed by atoms with Gasteiger partial charge in [-0.3, -0.25) is 4.55 Å². The van der Waals surface area contributed by atoms with Gasteiger partial charge in [-0.25, -0.2) is 4.79 Å². The molecule has 0 saturated heterocycles. The van der Waals surface area contributed by atoms with Crippen molar-refractivity contribution in [1.82, 2.24) is 4.74 Å². The van der Waals surface area contributed by atoms with Crippen LogP contribution in [0.3, 0.4) is 0 Å². The number of rotatable bonds is 0. The Morgan fingerprint density at radius 2 is 1.81 bits per heavy atom. The molecule has 90 valence electrons. The summed E-state index contributed by atoms with van der Waals surface area (Å²) in [4.78, 5) is 10.5. The van der Waals surface area contributed by atoms with Gasteiger partial charge in [-0.15, -0.1) is 4.74 Å². The molecule has 0 spiro atoms. The molecule has 8 heteroatoms. The lowest BCUT2D eigenvalue weighted by atomic mass is 10.5. The molecule has 1 aromatic rings. The normalized spacial score (nSPS) is 9.62. The van der Waals surface area contributed by atoms with Crippen LogP contribution >= 0.6 is 0 Å². The highest BCUT2D eigenvalue weighted by Crippen LogP contribution is 1.83. The summed E-state index contributed by atoms with van der Waals surface area (Å²) in [5.41, 5.74) is 4.94. The SMILES string of the molecule is CS(=O)(=O)O.NC(=O)n1cccccco1. The van der Waals surface area contributed by atoms with Gasteiger partial charge in [0.2, 0.25) is 0 Å². The number of nitrogens with zero attached hydrogens (tertiary/aromatic N) is 1. The zero-order chi connectivity index (χ0) is 12.6. The maximum atomic E-state index is 10.5. The van der Waals surface area contributed by atoms with E-state index in [1.54, 1.807) is 24.3 Å². The maximum absolute atomic E-state index is 10.5. The molecule has 0 bridgehead atoms. The summed E-state index contributed by atoms with van der Waals surface area (Å²) in [5, 5.41) is 0. The smallest absolute Gasteiger partial charge is 0.352 e. The lowest BCUT2D eigenvalue weighted by Crippen LogP contribution is -2.18. The van der Waals surface area contributed by atoms with Gasteiger partial charge in [0, 0.05) is 6.20 Å². The predicted molar refractivity (Wildman–Crippen MR) is 56.8 cm³/mol. The van der Waals surface area contributed by atoms with Crippen molar-refractivity contribution < 1.29 is 22.3 Å². The minimum atomic E-state index is -3.67. The van der Waals surface area contributed by atoms with E-state index in [9.17, 15) is 13.2 Å². The largest absolute Gasteiger partial charge is 0.379 e. The molecule has 16 heavy (non-hydrogen) atoms. The van der Waals surface area contributed by atoms with Crippen molar-refractivity contribution >= 4 is 16.1 Å². The van der Waals surface area contributed by atoms with E-state index >= 15 is 0 Å². The summed E-state index contributed by atoms with van der Waals surface area (Å²) in [6.07, 6.45) is 3.51. The highest BCUT2D eigenvalue weighted by molar-refractivity contribution is 7.85. The van der Waals surface area contributed by atoms with Crippen LogP contribution in [0.4, 0.5) is 4.79 Å². The third-order valence-electron chi connectivity index (χ3n) is 1.02. The molecule has 1 aromatic heterocycles. The van der Waals surface area contributed by atoms with E-state index in [0.717, 1.165) is 4.74 Å². The Morgan fingerprint density at radius 1 is 1.31 bits per heavy atom. The van der Waals surface area contributed by atoms with Crippen LogP contribution in [0.25, 0.3) is 0 Å². The monoisotopic (exact) mass is 248 g/mol. The van der Waals surface area contributed by atoms with E-state index in [-0.39, 0.29) is 0 Å². The second-order valence-corrected chi connectivity index (χ2v) is 4.02. The zero-order valence-electron chi connectivity index (χ0n) is 8.48. The first kappa shape index (κ1) is 14.2. The number of nitrogens with two attached hydrogens (primary N) is 1. The van der Waals surface area contributed by atoms with Crippen LogP contribution in [-0.2, 0) is 10.1 Å². The molecule has 1 heterocycles. The Bertz CT molecular complexity index is 445. The minimum absolute atomic E-state index is 0.652. The van der Waals surface area contributed by atoms with E-state index in [2.05, 4.69) is 0 Å². The van der Waals surface area contributed by atoms with Crippen molar-refractivity contribution in [1.29, 1.82) is 0 Å². The van der Waals surface area contributed by atoms with Gasteiger partial charge in [0.1, 0.15) is 6.26 Å². The van der Waals surface area contributed by atoms with Crippen molar-refractivity contribution in [3.8, 4) is 0 Å². The molecule has 0 aliphatic heterocycles. The van der Waals surface area contributed by atoms with E-state index < -0.39 is 16.1 Å². The Morgan fingerprint density at radius 3 is 2.31 bits per heavy atom. The molecule has 0 radical (unpaired) electrons. The van der Waals surface area contributed by atoms with Gasteiger partial charge in [-0.1, -0.05) is 12.1 Å². The zero-order valence-corrected chi connectivity index (χ0v) is 9.29. The molecule has 1 amide bonds. The third kappa shape index (κ3) is 10.3. The van der Waals surface area contributed by atoms with Crippen molar-refractivity contribution in [2.75, 3.05) is 6.26 Å². The maximum Gasteiger partial charge on any atom is 0.352 e. The van der Waals surface area contributed by atoms with Gasteiger partial charge in [0.05, 0.1) is 6.26 Å². The van der Waals surface area contributed by atoms with Gasteiger partial charge < -0.3 is 10.3 Å². The molecule has 0 fully saturated rings. The van der Waals surface area contributed by atoms with Crippen molar-refractivity contribution in [3.63, 3.8) is 0 Å². The van der Waals surface area contributed by atoms with Gasteiger partial charge in [-0.05, 0) is 12.1 Å². The van der Waals surface area contributed by atoms with E-state index in [1.807, 2.05) is 0 Å². The fourth-order valence-corrected chi connectivity index (χ4v) is 0.563. The summed E-state index contributed by atoms with van der Waals surface area (Å²) >= 11 is 0. The summed E-state index contributed by atoms with van der Waals surface area (Å²) in [5.74, 6) is 0. The quantitative estimate of drug-likeness (QED) is 0.653. The molecule has 3 N–H and O–H groups in total. The summed E-state index contributed by atoms with van der Waals surface area (Å²) in [7, 11) is -3.67. The third-order valence-corrected chi connectivity index (χ3v) is 1.02. The molecule has 0 aromatic carbocycles. The van der Waals surface area contributed by atoms with Crippen molar-refractivity contribution in [2.45, 2.75) is 0 Å². The first-order chi connectivity index (χ1) is 7.30. The van der Waals surface area contributed by atoms with Gasteiger partial charge >= 0.3 is 6.03 Å². The Labute approximate surface area is 92.5 Å². The highest BCUT2D eigenvalue weighted by atomic mass is 32.2. The Kier molecular flexibility index (Phi) is 5.89. The standard InChI is InChI=1S/C7H8N2O2.CH4O3S/c8-7(10)9-5-3-1-2-4-6-11-9;1-5(2,3)4/h1-6H,(H2,8,10);1H3,(H,2,3,4). The molecule has 0 unspecified atom stereocenters. The van der Waals surface area contributed by atoms with E-state index in [1.165, 1.54) is 12.5 Å². The average molecular weight is 248 g/mol. The van der Waals surface area contributed by atoms with Crippen molar-refractivity contribution in [3.05, 3.63) is 36.7 Å². The number of carbonyl (C=O) groups excluding carboxylic acids is 1. The number of aromatic nitrogens is 1. The number of primary amides is 1. The lowest BCUT2D eigenvalue weighted by Gasteiger charge is -1.93. The summed E-state index contributed by atoms with van der Waals surface area (Å²) in [6, 6.07) is 6.18.